The van der Waals surface area contributed by atoms with Gasteiger partial charge in [-0.25, -0.2) is 0 Å². The quantitative estimate of drug-likeness (QED) is 0.812. The zero-order chi connectivity index (χ0) is 13.9. The van der Waals surface area contributed by atoms with Gasteiger partial charge >= 0.3 is 0 Å². The molecule has 1 heterocycles. The lowest BCUT2D eigenvalue weighted by atomic mass is 9.72. The second-order valence-electron chi connectivity index (χ2n) is 5.92. The summed E-state index contributed by atoms with van der Waals surface area (Å²) in [6.45, 7) is 6.36. The molecular formula is C16H19N3. The van der Waals surface area contributed by atoms with E-state index in [2.05, 4.69) is 37.0 Å². The lowest BCUT2D eigenvalue weighted by Gasteiger charge is -2.44. The molecule has 0 spiro atoms. The Morgan fingerprint density at radius 2 is 2.16 bits per heavy atom. The monoisotopic (exact) mass is 253 g/mol. The van der Waals surface area contributed by atoms with Crippen LogP contribution in [-0.4, -0.2) is 13.1 Å². The number of nitrogens with zero attached hydrogens (tertiary/aromatic N) is 3. The van der Waals surface area contributed by atoms with E-state index < -0.39 is 0 Å². The topological polar surface area (TPSA) is 50.8 Å². The molecule has 3 nitrogen and oxygen atoms in total. The van der Waals surface area contributed by atoms with Crippen LogP contribution in [0.1, 0.15) is 32.3 Å². The summed E-state index contributed by atoms with van der Waals surface area (Å²) < 4.78 is 0. The Hall–Kier alpha value is -2.00. The molecule has 19 heavy (non-hydrogen) atoms. The van der Waals surface area contributed by atoms with Crippen LogP contribution < -0.4 is 4.90 Å². The first-order valence-corrected chi connectivity index (χ1v) is 6.69. The molecule has 1 atom stereocenters. The van der Waals surface area contributed by atoms with Crippen LogP contribution >= 0.6 is 0 Å². The zero-order valence-corrected chi connectivity index (χ0v) is 11.6. The van der Waals surface area contributed by atoms with Crippen molar-refractivity contribution in [3.05, 3.63) is 29.8 Å². The fourth-order valence-corrected chi connectivity index (χ4v) is 2.88. The number of benzene rings is 1. The van der Waals surface area contributed by atoms with E-state index in [9.17, 15) is 0 Å². The molecule has 0 N–H and O–H groups in total. The van der Waals surface area contributed by atoms with Gasteiger partial charge in [-0.05, 0) is 36.0 Å². The molecular weight excluding hydrogens is 234 g/mol. The molecule has 1 fully saturated rings. The molecule has 1 aromatic carbocycles. The van der Waals surface area contributed by atoms with Gasteiger partial charge in [-0.1, -0.05) is 19.9 Å². The van der Waals surface area contributed by atoms with E-state index in [1.54, 1.807) is 0 Å². The van der Waals surface area contributed by atoms with Gasteiger partial charge < -0.3 is 4.90 Å². The summed E-state index contributed by atoms with van der Waals surface area (Å²) in [7, 11) is 0. The summed E-state index contributed by atoms with van der Waals surface area (Å²) in [6, 6.07) is 12.3. The van der Waals surface area contributed by atoms with E-state index in [1.165, 1.54) is 0 Å². The summed E-state index contributed by atoms with van der Waals surface area (Å²) in [5.74, 6) is 0.466. The molecule has 1 saturated heterocycles. The van der Waals surface area contributed by atoms with Gasteiger partial charge in [0.1, 0.15) is 0 Å². The molecule has 1 aromatic rings. The highest BCUT2D eigenvalue weighted by Crippen LogP contribution is 2.38. The molecule has 0 aromatic heterocycles. The van der Waals surface area contributed by atoms with E-state index in [1.807, 2.05) is 18.2 Å². The average Bonchev–Trinajstić information content (AvgIpc) is 2.41. The van der Waals surface area contributed by atoms with Crippen molar-refractivity contribution in [2.45, 2.75) is 26.7 Å². The van der Waals surface area contributed by atoms with E-state index >= 15 is 0 Å². The molecule has 0 amide bonds. The minimum absolute atomic E-state index is 0.136. The fourth-order valence-electron chi connectivity index (χ4n) is 2.88. The van der Waals surface area contributed by atoms with Gasteiger partial charge in [-0.3, -0.25) is 0 Å². The van der Waals surface area contributed by atoms with Crippen LogP contribution in [0.25, 0.3) is 0 Å². The van der Waals surface area contributed by atoms with Crippen molar-refractivity contribution in [2.75, 3.05) is 18.0 Å². The third-order valence-electron chi connectivity index (χ3n) is 4.13. The fraction of sp³-hybridized carbons (Fsp3) is 0.500. The number of anilines is 1. The molecule has 0 saturated carbocycles. The highest BCUT2D eigenvalue weighted by Gasteiger charge is 2.35. The second kappa shape index (κ2) is 5.33. The van der Waals surface area contributed by atoms with Gasteiger partial charge in [0.25, 0.3) is 0 Å². The summed E-state index contributed by atoms with van der Waals surface area (Å²) in [5, 5.41) is 17.9. The van der Waals surface area contributed by atoms with E-state index in [-0.39, 0.29) is 5.41 Å². The van der Waals surface area contributed by atoms with Crippen molar-refractivity contribution in [3.8, 4) is 12.1 Å². The molecule has 1 aliphatic heterocycles. The predicted molar refractivity (Wildman–Crippen MR) is 75.5 cm³/mol. The first-order valence-electron chi connectivity index (χ1n) is 6.69. The smallest absolute Gasteiger partial charge is 0.0992 e. The van der Waals surface area contributed by atoms with E-state index in [0.717, 1.165) is 25.2 Å². The first-order chi connectivity index (χ1) is 9.06. The standard InChI is InChI=1S/C16H19N3/c1-16(2)12-19(9-7-14(16)6-8-17)15-5-3-4-13(10-15)11-18/h3-5,10,14H,6-7,9,12H2,1-2H3. The number of piperidine rings is 1. The van der Waals surface area contributed by atoms with Crippen molar-refractivity contribution < 1.29 is 0 Å². The van der Waals surface area contributed by atoms with Crippen LogP contribution in [0, 0.1) is 34.0 Å². The first kappa shape index (κ1) is 13.4. The third-order valence-corrected chi connectivity index (χ3v) is 4.13. The number of hydrogen-bond acceptors (Lipinski definition) is 3. The lowest BCUT2D eigenvalue weighted by Crippen LogP contribution is -2.45. The highest BCUT2D eigenvalue weighted by atomic mass is 15.1. The van der Waals surface area contributed by atoms with Crippen molar-refractivity contribution in [1.82, 2.24) is 0 Å². The molecule has 1 unspecified atom stereocenters. The van der Waals surface area contributed by atoms with E-state index in [0.29, 0.717) is 17.9 Å². The van der Waals surface area contributed by atoms with Crippen LogP contribution in [-0.2, 0) is 0 Å². The van der Waals surface area contributed by atoms with Crippen LogP contribution in [0.5, 0.6) is 0 Å². The molecule has 2 rings (SSSR count). The number of nitriles is 2. The summed E-state index contributed by atoms with van der Waals surface area (Å²) >= 11 is 0. The average molecular weight is 253 g/mol. The van der Waals surface area contributed by atoms with Gasteiger partial charge in [0.2, 0.25) is 0 Å². The van der Waals surface area contributed by atoms with Crippen molar-refractivity contribution >= 4 is 5.69 Å². The van der Waals surface area contributed by atoms with Gasteiger partial charge in [0.05, 0.1) is 17.7 Å². The maximum Gasteiger partial charge on any atom is 0.0992 e. The minimum Gasteiger partial charge on any atom is -0.371 e. The van der Waals surface area contributed by atoms with Gasteiger partial charge in [0.15, 0.2) is 0 Å². The second-order valence-corrected chi connectivity index (χ2v) is 5.92. The van der Waals surface area contributed by atoms with Gasteiger partial charge in [0, 0.05) is 25.2 Å². The Labute approximate surface area is 115 Å². The van der Waals surface area contributed by atoms with Crippen LogP contribution in [0.3, 0.4) is 0 Å². The molecule has 1 aliphatic rings. The summed E-state index contributed by atoms with van der Waals surface area (Å²) in [4.78, 5) is 2.33. The Balaban J connectivity index is 2.17. The molecule has 98 valence electrons. The molecule has 3 heteroatoms. The molecule has 0 bridgehead atoms. The van der Waals surface area contributed by atoms with Gasteiger partial charge in [-0.15, -0.1) is 0 Å². The maximum absolute atomic E-state index is 8.97. The summed E-state index contributed by atoms with van der Waals surface area (Å²) in [5.41, 5.74) is 1.95. The van der Waals surface area contributed by atoms with Gasteiger partial charge in [-0.2, -0.15) is 10.5 Å². The molecule has 0 aliphatic carbocycles. The van der Waals surface area contributed by atoms with Crippen molar-refractivity contribution in [2.24, 2.45) is 11.3 Å². The Morgan fingerprint density at radius 3 is 2.79 bits per heavy atom. The van der Waals surface area contributed by atoms with Crippen LogP contribution in [0.2, 0.25) is 0 Å². The van der Waals surface area contributed by atoms with Crippen LogP contribution in [0.15, 0.2) is 24.3 Å². The SMILES string of the molecule is CC1(C)CN(c2cccc(C#N)c2)CCC1CC#N. The van der Waals surface area contributed by atoms with Crippen molar-refractivity contribution in [1.29, 1.82) is 10.5 Å². The largest absolute Gasteiger partial charge is 0.371 e. The zero-order valence-electron chi connectivity index (χ0n) is 11.6. The third kappa shape index (κ3) is 2.88. The van der Waals surface area contributed by atoms with Crippen LogP contribution in [0.4, 0.5) is 5.69 Å². The van der Waals surface area contributed by atoms with Crippen molar-refractivity contribution in [3.63, 3.8) is 0 Å². The normalized spacial score (nSPS) is 21.5. The predicted octanol–water partition coefficient (Wildman–Crippen LogP) is 3.32. The number of rotatable bonds is 2. The Kier molecular flexibility index (Phi) is 3.76. The Morgan fingerprint density at radius 1 is 1.37 bits per heavy atom. The minimum atomic E-state index is 0.136. The van der Waals surface area contributed by atoms with E-state index in [4.69, 9.17) is 10.5 Å². The Bertz CT molecular complexity index is 534. The highest BCUT2D eigenvalue weighted by molar-refractivity contribution is 5.52. The lowest BCUT2D eigenvalue weighted by molar-refractivity contribution is 0.179. The molecule has 0 radical (unpaired) electrons. The summed E-state index contributed by atoms with van der Waals surface area (Å²) in [6.07, 6.45) is 1.68. The maximum atomic E-state index is 8.97. The number of hydrogen-bond donors (Lipinski definition) is 0.